The maximum Gasteiger partial charge on any atom is 0.350 e. The maximum atomic E-state index is 13.5. The van der Waals surface area contributed by atoms with Crippen LogP contribution in [0.5, 0.6) is 0 Å². The van der Waals surface area contributed by atoms with Crippen molar-refractivity contribution in [3.63, 3.8) is 0 Å². The molecular formula is C31H36N2O8. The van der Waals surface area contributed by atoms with E-state index in [-0.39, 0.29) is 19.6 Å². The van der Waals surface area contributed by atoms with Gasteiger partial charge in [0.05, 0.1) is 31.9 Å². The van der Waals surface area contributed by atoms with Gasteiger partial charge < -0.3 is 28.8 Å². The number of nitrogens with zero attached hydrogens (tertiary/aromatic N) is 2. The first-order valence-electron chi connectivity index (χ1n) is 13.8. The third-order valence-electron chi connectivity index (χ3n) is 7.90. The molecule has 41 heavy (non-hydrogen) atoms. The van der Waals surface area contributed by atoms with Crippen LogP contribution in [-0.4, -0.2) is 71.0 Å². The quantitative estimate of drug-likeness (QED) is 0.382. The van der Waals surface area contributed by atoms with Crippen LogP contribution in [0.25, 0.3) is 0 Å². The Morgan fingerprint density at radius 1 is 1.07 bits per heavy atom. The van der Waals surface area contributed by atoms with Crippen molar-refractivity contribution in [2.75, 3.05) is 6.61 Å². The highest BCUT2D eigenvalue weighted by molar-refractivity contribution is 5.82. The van der Waals surface area contributed by atoms with Crippen LogP contribution in [0.4, 0.5) is 0 Å². The van der Waals surface area contributed by atoms with Crippen LogP contribution < -0.4 is 0 Å². The molecule has 1 unspecified atom stereocenters. The van der Waals surface area contributed by atoms with Crippen molar-refractivity contribution in [1.29, 1.82) is 0 Å². The summed E-state index contributed by atoms with van der Waals surface area (Å²) in [5.74, 6) is -3.14. The summed E-state index contributed by atoms with van der Waals surface area (Å²) in [6.07, 6.45) is -4.17. The largest absolute Gasteiger partial charge is 0.454 e. The molecule has 10 nitrogen and oxygen atoms in total. The van der Waals surface area contributed by atoms with Gasteiger partial charge in [-0.15, -0.1) is 0 Å². The van der Waals surface area contributed by atoms with E-state index in [2.05, 4.69) is 11.0 Å². The SMILES string of the molecule is CC(=O)O[C@@H]1C(=O)O[C@H]2C(OCc3ccccc3)[C@]1(N=C=NCc1ccccc1)[C@@H]([C@H]1COC(C)(C)O1)C[C@]2(C)O. The smallest absolute Gasteiger partial charge is 0.350 e. The van der Waals surface area contributed by atoms with E-state index in [0.717, 1.165) is 11.1 Å². The second kappa shape index (κ2) is 11.5. The lowest BCUT2D eigenvalue weighted by Crippen LogP contribution is -2.78. The zero-order valence-corrected chi connectivity index (χ0v) is 23.7. The number of rotatable bonds is 8. The summed E-state index contributed by atoms with van der Waals surface area (Å²) in [5, 5.41) is 11.7. The lowest BCUT2D eigenvalue weighted by Gasteiger charge is -2.58. The summed E-state index contributed by atoms with van der Waals surface area (Å²) in [4.78, 5) is 35.1. The van der Waals surface area contributed by atoms with Gasteiger partial charge in [-0.05, 0) is 38.3 Å². The predicted octanol–water partition coefficient (Wildman–Crippen LogP) is 3.46. The average Bonchev–Trinajstić information content (AvgIpc) is 3.30. The summed E-state index contributed by atoms with van der Waals surface area (Å²) in [6, 6.07) is 21.8. The van der Waals surface area contributed by atoms with E-state index in [1.54, 1.807) is 20.8 Å². The van der Waals surface area contributed by atoms with Crippen LogP contribution in [-0.2, 0) is 46.4 Å². The number of esters is 2. The van der Waals surface area contributed by atoms with Crippen LogP contribution in [0.15, 0.2) is 70.6 Å². The second-order valence-electron chi connectivity index (χ2n) is 11.5. The minimum absolute atomic E-state index is 0.0991. The molecule has 2 aliphatic heterocycles. The third-order valence-corrected chi connectivity index (χ3v) is 7.90. The molecule has 3 aliphatic rings. The number of carbonyl (C=O) groups is 2. The molecular weight excluding hydrogens is 528 g/mol. The lowest BCUT2D eigenvalue weighted by molar-refractivity contribution is -0.277. The summed E-state index contributed by atoms with van der Waals surface area (Å²) in [7, 11) is 0. The number of aliphatic imine (C=N–C) groups is 2. The first-order chi connectivity index (χ1) is 19.5. The molecule has 7 atom stereocenters. The van der Waals surface area contributed by atoms with Crippen LogP contribution >= 0.6 is 0 Å². The fourth-order valence-electron chi connectivity index (χ4n) is 6.08. The van der Waals surface area contributed by atoms with Gasteiger partial charge in [0.25, 0.3) is 0 Å². The highest BCUT2D eigenvalue weighted by atomic mass is 16.7. The minimum Gasteiger partial charge on any atom is -0.454 e. The van der Waals surface area contributed by atoms with Crippen LogP contribution in [0.1, 0.15) is 45.2 Å². The van der Waals surface area contributed by atoms with Crippen molar-refractivity contribution < 1.29 is 38.4 Å². The maximum absolute atomic E-state index is 13.5. The van der Waals surface area contributed by atoms with Gasteiger partial charge in [0, 0.05) is 12.8 Å². The van der Waals surface area contributed by atoms with E-state index >= 15 is 0 Å². The Morgan fingerprint density at radius 2 is 1.73 bits per heavy atom. The Hall–Kier alpha value is -3.40. The summed E-state index contributed by atoms with van der Waals surface area (Å²) in [5.41, 5.74) is -1.29. The molecule has 2 aromatic carbocycles. The number of hydrogen-bond donors (Lipinski definition) is 1. The van der Waals surface area contributed by atoms with E-state index in [1.165, 1.54) is 6.92 Å². The summed E-state index contributed by atoms with van der Waals surface area (Å²) < 4.78 is 30.1. The number of aliphatic hydroxyl groups is 1. The van der Waals surface area contributed by atoms with E-state index in [9.17, 15) is 14.7 Å². The fourth-order valence-corrected chi connectivity index (χ4v) is 6.08. The molecule has 1 aliphatic carbocycles. The number of benzene rings is 2. The molecule has 0 amide bonds. The van der Waals surface area contributed by atoms with Gasteiger partial charge in [0.1, 0.15) is 11.7 Å². The number of hydrogen-bond acceptors (Lipinski definition) is 10. The van der Waals surface area contributed by atoms with Gasteiger partial charge in [0.2, 0.25) is 6.10 Å². The normalized spacial score (nSPS) is 33.8. The standard InChI is InChI=1S/C31H36N2O8/c1-20(34)39-27-28(35)40-25-26(37-17-22-13-9-6-10-14-22)31(27,33-19-32-16-21-11-7-5-8-12-21)23(15-30(25,4)36)24-18-38-29(2,3)41-24/h5-14,23-27,36H,15-18H2,1-4H3/t23-,24-,25+,26?,27-,30+,31-/m1/s1. The van der Waals surface area contributed by atoms with Crippen molar-refractivity contribution in [3.05, 3.63) is 71.8 Å². The van der Waals surface area contributed by atoms with Gasteiger partial charge in [-0.2, -0.15) is 0 Å². The number of carbonyl (C=O) groups excluding carboxylic acids is 2. The van der Waals surface area contributed by atoms with Gasteiger partial charge in [-0.25, -0.2) is 14.8 Å². The Bertz CT molecular complexity index is 1310. The molecule has 3 fully saturated rings. The first-order valence-corrected chi connectivity index (χ1v) is 13.8. The molecule has 1 N–H and O–H groups in total. The fraction of sp³-hybridized carbons (Fsp3) is 0.516. The van der Waals surface area contributed by atoms with Gasteiger partial charge in [-0.3, -0.25) is 4.79 Å². The van der Waals surface area contributed by atoms with Crippen molar-refractivity contribution in [1.82, 2.24) is 0 Å². The Balaban J connectivity index is 1.64. The van der Waals surface area contributed by atoms with E-state index in [1.807, 2.05) is 60.7 Å². The zero-order valence-electron chi connectivity index (χ0n) is 23.7. The molecule has 218 valence electrons. The average molecular weight is 565 g/mol. The number of fused-ring (bicyclic) bond motifs is 2. The lowest BCUT2D eigenvalue weighted by atomic mass is 9.59. The van der Waals surface area contributed by atoms with Crippen LogP contribution in [0.2, 0.25) is 0 Å². The van der Waals surface area contributed by atoms with Gasteiger partial charge in [0.15, 0.2) is 17.4 Å². The van der Waals surface area contributed by atoms with Gasteiger partial charge in [-0.1, -0.05) is 60.7 Å². The highest BCUT2D eigenvalue weighted by Gasteiger charge is 2.73. The summed E-state index contributed by atoms with van der Waals surface area (Å²) >= 11 is 0. The van der Waals surface area contributed by atoms with Crippen molar-refractivity contribution in [3.8, 4) is 0 Å². The Labute approximate surface area is 239 Å². The van der Waals surface area contributed by atoms with Crippen molar-refractivity contribution >= 4 is 17.9 Å². The van der Waals surface area contributed by atoms with E-state index < -0.39 is 59.2 Å². The molecule has 2 saturated heterocycles. The Kier molecular flexibility index (Phi) is 8.14. The van der Waals surface area contributed by atoms with Crippen molar-refractivity contribution in [2.45, 2.75) is 88.6 Å². The molecule has 2 bridgehead atoms. The molecule has 2 aromatic rings. The highest BCUT2D eigenvalue weighted by Crippen LogP contribution is 2.53. The Morgan fingerprint density at radius 3 is 2.34 bits per heavy atom. The summed E-state index contributed by atoms with van der Waals surface area (Å²) in [6.45, 7) is 6.98. The molecule has 10 heteroatoms. The molecule has 1 saturated carbocycles. The first kappa shape index (κ1) is 29.1. The van der Waals surface area contributed by atoms with E-state index in [0.29, 0.717) is 6.54 Å². The third kappa shape index (κ3) is 5.98. The van der Waals surface area contributed by atoms with Crippen LogP contribution in [0.3, 0.4) is 0 Å². The monoisotopic (exact) mass is 564 g/mol. The number of ether oxygens (including phenoxy) is 5. The zero-order chi connectivity index (χ0) is 29.3. The molecule has 5 rings (SSSR count). The topological polar surface area (TPSA) is 125 Å². The minimum atomic E-state index is -1.59. The molecule has 0 radical (unpaired) electrons. The molecule has 2 heterocycles. The van der Waals surface area contributed by atoms with Gasteiger partial charge >= 0.3 is 11.9 Å². The van der Waals surface area contributed by atoms with Crippen molar-refractivity contribution in [2.24, 2.45) is 15.9 Å². The second-order valence-corrected chi connectivity index (χ2v) is 11.5. The predicted molar refractivity (Wildman–Crippen MR) is 147 cm³/mol. The van der Waals surface area contributed by atoms with E-state index in [4.69, 9.17) is 28.7 Å². The molecule has 0 spiro atoms. The van der Waals surface area contributed by atoms with Crippen LogP contribution in [0, 0.1) is 5.92 Å². The molecule has 0 aromatic heterocycles.